The predicted octanol–water partition coefficient (Wildman–Crippen LogP) is 3.17. The van der Waals surface area contributed by atoms with Gasteiger partial charge in [-0.2, -0.15) is 11.8 Å². The highest BCUT2D eigenvalue weighted by Crippen LogP contribution is 2.37. The van der Waals surface area contributed by atoms with Crippen molar-refractivity contribution in [2.24, 2.45) is 0 Å². The fourth-order valence-corrected chi connectivity index (χ4v) is 3.98. The highest BCUT2D eigenvalue weighted by Gasteiger charge is 2.28. The van der Waals surface area contributed by atoms with E-state index < -0.39 is 0 Å². The van der Waals surface area contributed by atoms with E-state index in [2.05, 4.69) is 29.0 Å². The van der Waals surface area contributed by atoms with E-state index in [4.69, 9.17) is 11.6 Å². The minimum absolute atomic E-state index is 0.432. The maximum Gasteiger partial charge on any atom is 0.113 e. The minimum Gasteiger partial charge on any atom is -0.309 e. The van der Waals surface area contributed by atoms with Crippen LogP contribution in [0.2, 0.25) is 4.34 Å². The topological polar surface area (TPSA) is 24.9 Å². The molecule has 84 valence electrons. The molecule has 0 amide bonds. The summed E-state index contributed by atoms with van der Waals surface area (Å²) < 4.78 is 1.20. The highest BCUT2D eigenvalue weighted by molar-refractivity contribution is 8.00. The molecule has 1 N–H and O–H groups in total. The van der Waals surface area contributed by atoms with E-state index in [0.717, 1.165) is 22.4 Å². The van der Waals surface area contributed by atoms with Gasteiger partial charge in [0.2, 0.25) is 0 Å². The monoisotopic (exact) mass is 262 g/mol. The standard InChI is InChI=1S/C10H15ClN2S2/c1-10(3-2-4-14-10)7-12-6-9-13-5-8(11)15-9/h5,12H,2-4,6-7H2,1H3. The Kier molecular flexibility index (Phi) is 3.93. The zero-order valence-electron chi connectivity index (χ0n) is 8.75. The molecule has 1 saturated heterocycles. The zero-order chi connectivity index (χ0) is 10.7. The molecular formula is C10H15ClN2S2. The number of halogens is 1. The highest BCUT2D eigenvalue weighted by atomic mass is 35.5. The van der Waals surface area contributed by atoms with Gasteiger partial charge < -0.3 is 5.32 Å². The van der Waals surface area contributed by atoms with E-state index in [0.29, 0.717) is 4.75 Å². The van der Waals surface area contributed by atoms with Crippen LogP contribution in [0.1, 0.15) is 24.8 Å². The average molecular weight is 263 g/mol. The van der Waals surface area contributed by atoms with Crippen LogP contribution in [0.15, 0.2) is 6.20 Å². The number of thiazole rings is 1. The molecule has 0 spiro atoms. The van der Waals surface area contributed by atoms with Crippen LogP contribution in [0.25, 0.3) is 0 Å². The van der Waals surface area contributed by atoms with Crippen LogP contribution in [0.3, 0.4) is 0 Å². The SMILES string of the molecule is CC1(CNCc2ncc(Cl)s2)CCCS1. The third kappa shape index (κ3) is 3.34. The molecule has 1 aromatic heterocycles. The van der Waals surface area contributed by atoms with Crippen molar-refractivity contribution in [1.82, 2.24) is 10.3 Å². The second-order valence-electron chi connectivity index (χ2n) is 4.06. The van der Waals surface area contributed by atoms with E-state index >= 15 is 0 Å². The van der Waals surface area contributed by atoms with Gasteiger partial charge in [-0.3, -0.25) is 0 Å². The van der Waals surface area contributed by atoms with Gasteiger partial charge in [-0.15, -0.1) is 11.3 Å². The summed E-state index contributed by atoms with van der Waals surface area (Å²) in [5, 5.41) is 4.54. The average Bonchev–Trinajstić information content (AvgIpc) is 2.76. The van der Waals surface area contributed by atoms with E-state index in [1.807, 2.05) is 0 Å². The first-order valence-electron chi connectivity index (χ1n) is 5.13. The lowest BCUT2D eigenvalue weighted by molar-refractivity contribution is 0.536. The molecule has 5 heteroatoms. The van der Waals surface area contributed by atoms with Crippen molar-refractivity contribution in [3.8, 4) is 0 Å². The van der Waals surface area contributed by atoms with Gasteiger partial charge in [-0.1, -0.05) is 11.6 Å². The lowest BCUT2D eigenvalue weighted by Gasteiger charge is -2.22. The Bertz CT molecular complexity index is 321. The molecule has 0 bridgehead atoms. The molecule has 1 fully saturated rings. The fourth-order valence-electron chi connectivity index (χ4n) is 1.78. The van der Waals surface area contributed by atoms with Crippen LogP contribution in [-0.2, 0) is 6.54 Å². The van der Waals surface area contributed by atoms with Crippen LogP contribution < -0.4 is 5.32 Å². The third-order valence-corrected chi connectivity index (χ3v) is 5.25. The molecule has 1 aliphatic heterocycles. The molecule has 2 heterocycles. The van der Waals surface area contributed by atoms with E-state index in [9.17, 15) is 0 Å². The van der Waals surface area contributed by atoms with Crippen LogP contribution >= 0.6 is 34.7 Å². The van der Waals surface area contributed by atoms with E-state index in [-0.39, 0.29) is 0 Å². The lowest BCUT2D eigenvalue weighted by Crippen LogP contribution is -2.32. The molecule has 1 aromatic rings. The van der Waals surface area contributed by atoms with Crippen molar-refractivity contribution in [3.63, 3.8) is 0 Å². The fraction of sp³-hybridized carbons (Fsp3) is 0.700. The van der Waals surface area contributed by atoms with E-state index in [1.165, 1.54) is 18.6 Å². The first kappa shape index (κ1) is 11.7. The Balaban J connectivity index is 1.75. The third-order valence-electron chi connectivity index (χ3n) is 2.60. The summed E-state index contributed by atoms with van der Waals surface area (Å²) in [4.78, 5) is 4.22. The molecule has 15 heavy (non-hydrogen) atoms. The molecule has 1 unspecified atom stereocenters. The summed E-state index contributed by atoms with van der Waals surface area (Å²) in [5.41, 5.74) is 0. The van der Waals surface area contributed by atoms with Crippen molar-refractivity contribution < 1.29 is 0 Å². The Labute approximate surface area is 104 Å². The number of rotatable bonds is 4. The van der Waals surface area contributed by atoms with Gasteiger partial charge in [-0.25, -0.2) is 4.98 Å². The maximum atomic E-state index is 5.82. The second kappa shape index (κ2) is 5.04. The summed E-state index contributed by atoms with van der Waals surface area (Å²) >= 11 is 9.45. The summed E-state index contributed by atoms with van der Waals surface area (Å²) in [5.74, 6) is 1.31. The quantitative estimate of drug-likeness (QED) is 0.902. The number of hydrogen-bond acceptors (Lipinski definition) is 4. The maximum absolute atomic E-state index is 5.82. The molecule has 0 radical (unpaired) electrons. The Hall–Kier alpha value is 0.230. The zero-order valence-corrected chi connectivity index (χ0v) is 11.1. The molecule has 0 aliphatic carbocycles. The second-order valence-corrected chi connectivity index (χ2v) is 7.49. The Morgan fingerprint density at radius 3 is 3.13 bits per heavy atom. The molecule has 2 rings (SSSR count). The Morgan fingerprint density at radius 2 is 2.53 bits per heavy atom. The largest absolute Gasteiger partial charge is 0.309 e. The van der Waals surface area contributed by atoms with Gasteiger partial charge in [0.25, 0.3) is 0 Å². The van der Waals surface area contributed by atoms with Crippen LogP contribution in [0.5, 0.6) is 0 Å². The lowest BCUT2D eigenvalue weighted by atomic mass is 10.1. The van der Waals surface area contributed by atoms with Gasteiger partial charge in [0.1, 0.15) is 9.34 Å². The van der Waals surface area contributed by atoms with Crippen molar-refractivity contribution in [2.75, 3.05) is 12.3 Å². The summed E-state index contributed by atoms with van der Waals surface area (Å²) in [6, 6.07) is 0. The molecule has 1 aliphatic rings. The number of nitrogens with one attached hydrogen (secondary N) is 1. The van der Waals surface area contributed by atoms with Gasteiger partial charge >= 0.3 is 0 Å². The van der Waals surface area contributed by atoms with E-state index in [1.54, 1.807) is 17.5 Å². The van der Waals surface area contributed by atoms with Crippen molar-refractivity contribution in [3.05, 3.63) is 15.5 Å². The normalized spacial score (nSPS) is 26.0. The number of hydrogen-bond donors (Lipinski definition) is 1. The van der Waals surface area contributed by atoms with Crippen molar-refractivity contribution in [1.29, 1.82) is 0 Å². The number of thioether (sulfide) groups is 1. The van der Waals surface area contributed by atoms with Gasteiger partial charge in [-0.05, 0) is 25.5 Å². The summed E-state index contributed by atoms with van der Waals surface area (Å²) in [7, 11) is 0. The first-order chi connectivity index (χ1) is 7.18. The smallest absolute Gasteiger partial charge is 0.113 e. The minimum atomic E-state index is 0.432. The molecular weight excluding hydrogens is 248 g/mol. The van der Waals surface area contributed by atoms with Crippen LogP contribution in [-0.4, -0.2) is 22.0 Å². The van der Waals surface area contributed by atoms with Crippen LogP contribution in [0, 0.1) is 0 Å². The van der Waals surface area contributed by atoms with Crippen molar-refractivity contribution >= 4 is 34.7 Å². The van der Waals surface area contributed by atoms with Gasteiger partial charge in [0.15, 0.2) is 0 Å². The summed E-state index contributed by atoms with van der Waals surface area (Å²) in [6.45, 7) is 4.24. The van der Waals surface area contributed by atoms with Crippen molar-refractivity contribution in [2.45, 2.75) is 31.1 Å². The predicted molar refractivity (Wildman–Crippen MR) is 68.9 cm³/mol. The van der Waals surface area contributed by atoms with Gasteiger partial charge in [0.05, 0.1) is 6.20 Å². The first-order valence-corrected chi connectivity index (χ1v) is 7.31. The number of aromatic nitrogens is 1. The Morgan fingerprint density at radius 1 is 1.67 bits per heavy atom. The molecule has 0 aromatic carbocycles. The molecule has 1 atom stereocenters. The summed E-state index contributed by atoms with van der Waals surface area (Å²) in [6.07, 6.45) is 4.39. The molecule has 0 saturated carbocycles. The molecule has 2 nitrogen and oxygen atoms in total. The van der Waals surface area contributed by atoms with Crippen LogP contribution in [0.4, 0.5) is 0 Å². The number of nitrogens with zero attached hydrogens (tertiary/aromatic N) is 1. The van der Waals surface area contributed by atoms with Gasteiger partial charge in [0, 0.05) is 17.8 Å².